The molecule has 0 aliphatic heterocycles. The van der Waals surface area contributed by atoms with Crippen molar-refractivity contribution < 1.29 is 61.2 Å². The summed E-state index contributed by atoms with van der Waals surface area (Å²) in [5.74, 6) is 0.615. The summed E-state index contributed by atoms with van der Waals surface area (Å²) in [6.07, 6.45) is 5.81. The number of aromatic nitrogens is 4. The van der Waals surface area contributed by atoms with Gasteiger partial charge in [-0.1, -0.05) is 49.7 Å². The van der Waals surface area contributed by atoms with Gasteiger partial charge in [-0.3, -0.25) is 34.7 Å². The SMILES string of the molecule is CCCCCCc1ccsc1-c1ccnc(/C([NH-])=C/C(=N)C(F)(F)F)c1.O=COc1ccnc(-c2cc3cc(OC=O)sc3c(-c3cc(OC=O)ccn3)n2)c1.[N-]=C=S.[Ru+2]. The molecule has 0 saturated carbocycles. The van der Waals surface area contributed by atoms with Gasteiger partial charge in [0.2, 0.25) is 0 Å². The average Bonchev–Trinajstić information content (AvgIpc) is 3.87. The Morgan fingerprint density at radius 3 is 2.15 bits per heavy atom. The molecular weight excluding hydrogens is 929 g/mol. The quantitative estimate of drug-likeness (QED) is 0.0318. The van der Waals surface area contributed by atoms with Crippen molar-refractivity contribution in [2.45, 2.75) is 45.2 Å². The van der Waals surface area contributed by atoms with Crippen molar-refractivity contribution in [2.24, 2.45) is 0 Å². The summed E-state index contributed by atoms with van der Waals surface area (Å²) in [6, 6.07) is 15.2. The molecule has 0 atom stereocenters. The number of allylic oxidation sites excluding steroid dienone is 1. The first-order valence-electron chi connectivity index (χ1n) is 17.3. The zero-order valence-electron chi connectivity index (χ0n) is 31.2. The number of hydrogen-bond donors (Lipinski definition) is 1. The molecule has 60 heavy (non-hydrogen) atoms. The Kier molecular flexibility index (Phi) is 19.6. The number of nitrogens with zero attached hydrogens (tertiary/aromatic N) is 5. The molecule has 0 radical (unpaired) electrons. The Bertz CT molecular complexity index is 2470. The molecule has 0 aliphatic carbocycles. The van der Waals surface area contributed by atoms with E-state index in [4.69, 9.17) is 30.8 Å². The Balaban J connectivity index is 0.000000299. The third-order valence-corrected chi connectivity index (χ3v) is 9.97. The monoisotopic (exact) mass is 961 g/mol. The molecule has 6 aromatic heterocycles. The Labute approximate surface area is 367 Å². The van der Waals surface area contributed by atoms with Gasteiger partial charge < -0.3 is 25.4 Å². The molecule has 0 spiro atoms. The van der Waals surface area contributed by atoms with E-state index in [2.05, 4.69) is 45.1 Å². The number of carbonyl (C=O) groups excluding carboxylic acids is 3. The van der Waals surface area contributed by atoms with Gasteiger partial charge >= 0.3 is 25.7 Å². The largest absolute Gasteiger partial charge is 2.00 e. The van der Waals surface area contributed by atoms with Crippen LogP contribution in [0.4, 0.5) is 13.2 Å². The van der Waals surface area contributed by atoms with E-state index in [1.54, 1.807) is 53.8 Å². The topological polar surface area (TPSA) is 200 Å². The predicted octanol–water partition coefficient (Wildman–Crippen LogP) is 10.6. The summed E-state index contributed by atoms with van der Waals surface area (Å²) in [4.78, 5) is 50.4. The molecule has 0 bridgehead atoms. The van der Waals surface area contributed by atoms with Crippen molar-refractivity contribution >= 4 is 81.0 Å². The molecule has 0 unspecified atom stereocenters. The summed E-state index contributed by atoms with van der Waals surface area (Å²) >= 11 is 6.49. The van der Waals surface area contributed by atoms with Crippen LogP contribution in [0.1, 0.15) is 43.9 Å². The zero-order chi connectivity index (χ0) is 42.8. The van der Waals surface area contributed by atoms with Crippen LogP contribution >= 0.6 is 34.9 Å². The summed E-state index contributed by atoms with van der Waals surface area (Å²) < 4.78 is 52.9. The number of ether oxygens (including phenoxy) is 3. The normalized spacial score (nSPS) is 10.7. The number of thiophene rings is 2. The number of pyridine rings is 4. The molecule has 6 heterocycles. The molecule has 310 valence electrons. The van der Waals surface area contributed by atoms with Crippen LogP contribution in [-0.2, 0) is 40.3 Å². The number of nitrogens with one attached hydrogen (secondary N) is 2. The van der Waals surface area contributed by atoms with E-state index in [0.717, 1.165) is 28.7 Å². The van der Waals surface area contributed by atoms with E-state index < -0.39 is 17.6 Å². The standard InChI is InChI=1S/C20H11N3O6S.C19H21F3N3S.CNS.Ru/c24-9-27-13-1-3-21-15(7-13)16-5-12-6-18(29-11-26)30-20(12)19(23-16)17-8-14(28-10-25)2-4-22-17;1-2-3-4-5-6-13-8-10-26-18(13)14-7-9-25-16(11-14)15(23)12-17(24)19(20,21)22;2-1-3;/h1-11H;7-12,23-24H,2-6H2,1H3;;/q;2*-1;+2/b;15-12-,24-17?;;. The molecule has 20 heteroatoms. The van der Waals surface area contributed by atoms with Gasteiger partial charge in [0.1, 0.15) is 22.9 Å². The maximum absolute atomic E-state index is 12.5. The zero-order valence-corrected chi connectivity index (χ0v) is 35.4. The first-order chi connectivity index (χ1) is 28.5. The second-order valence-corrected chi connectivity index (χ2v) is 13.9. The van der Waals surface area contributed by atoms with Crippen molar-refractivity contribution in [3.63, 3.8) is 0 Å². The van der Waals surface area contributed by atoms with Gasteiger partial charge in [-0.2, -0.15) is 18.3 Å². The Hall–Kier alpha value is -5.91. The van der Waals surface area contributed by atoms with Crippen molar-refractivity contribution in [3.05, 3.63) is 107 Å². The molecule has 0 aromatic carbocycles. The van der Waals surface area contributed by atoms with E-state index >= 15 is 0 Å². The molecule has 0 amide bonds. The van der Waals surface area contributed by atoms with Gasteiger partial charge in [0.05, 0.1) is 21.8 Å². The van der Waals surface area contributed by atoms with Gasteiger partial charge in [-0.25, -0.2) is 4.98 Å². The minimum Gasteiger partial charge on any atom is -0.753 e. The number of halogens is 3. The van der Waals surface area contributed by atoms with Crippen LogP contribution in [0, 0.1) is 5.41 Å². The third kappa shape index (κ3) is 13.8. The van der Waals surface area contributed by atoms with Gasteiger partial charge in [-0.05, 0) is 71.8 Å². The second-order valence-electron chi connectivity index (χ2n) is 11.8. The molecule has 0 aliphatic rings. The van der Waals surface area contributed by atoms with Crippen LogP contribution in [0.5, 0.6) is 16.6 Å². The smallest absolute Gasteiger partial charge is 0.753 e. The maximum Gasteiger partial charge on any atom is 2.00 e. The molecule has 0 fully saturated rings. The molecule has 0 saturated heterocycles. The van der Waals surface area contributed by atoms with Crippen LogP contribution in [0.3, 0.4) is 0 Å². The van der Waals surface area contributed by atoms with Crippen LogP contribution in [0.25, 0.3) is 60.1 Å². The average molecular weight is 961 g/mol. The first-order valence-corrected chi connectivity index (χ1v) is 19.4. The molecule has 13 nitrogen and oxygen atoms in total. The summed E-state index contributed by atoms with van der Waals surface area (Å²) in [5.41, 5.74) is 9.88. The Morgan fingerprint density at radius 2 is 1.52 bits per heavy atom. The van der Waals surface area contributed by atoms with Gasteiger partial charge in [0, 0.05) is 52.7 Å². The fraction of sp³-hybridized carbons (Fsp3) is 0.175. The summed E-state index contributed by atoms with van der Waals surface area (Å²) in [6.45, 7) is 3.16. The van der Waals surface area contributed by atoms with Gasteiger partial charge in [0.15, 0.2) is 5.06 Å². The van der Waals surface area contributed by atoms with Crippen molar-refractivity contribution in [2.75, 3.05) is 0 Å². The number of isothiocyanates is 1. The number of fused-ring (bicyclic) bond motifs is 1. The Morgan fingerprint density at radius 1 is 0.883 bits per heavy atom. The number of rotatable bonds is 16. The van der Waals surface area contributed by atoms with Crippen LogP contribution in [0.2, 0.25) is 0 Å². The number of aryl methyl sites for hydroxylation is 1. The second kappa shape index (κ2) is 24.2. The van der Waals surface area contributed by atoms with E-state index in [9.17, 15) is 27.6 Å². The summed E-state index contributed by atoms with van der Waals surface area (Å²) in [5, 5.41) is 18.6. The van der Waals surface area contributed by atoms with Crippen LogP contribution < -0.4 is 14.2 Å². The van der Waals surface area contributed by atoms with Crippen molar-refractivity contribution in [1.29, 1.82) is 5.41 Å². The number of thiocarbonyl (C=S) groups is 1. The van der Waals surface area contributed by atoms with E-state index in [1.807, 2.05) is 5.38 Å². The molecule has 6 rings (SSSR count). The van der Waals surface area contributed by atoms with Gasteiger partial charge in [-0.15, -0.1) is 17.0 Å². The number of unbranched alkanes of at least 4 members (excludes halogenated alkanes) is 3. The van der Waals surface area contributed by atoms with E-state index in [0.29, 0.717) is 69.5 Å². The minimum atomic E-state index is -4.76. The van der Waals surface area contributed by atoms with Crippen LogP contribution in [0.15, 0.2) is 84.6 Å². The van der Waals surface area contributed by atoms with Gasteiger partial charge in [0.25, 0.3) is 19.4 Å². The first kappa shape index (κ1) is 48.5. The van der Waals surface area contributed by atoms with E-state index in [-0.39, 0.29) is 25.2 Å². The third-order valence-electron chi connectivity index (χ3n) is 7.92. The molecule has 2 N–H and O–H groups in total. The minimum absolute atomic E-state index is 0. The summed E-state index contributed by atoms with van der Waals surface area (Å²) in [7, 11) is 0. The fourth-order valence-electron chi connectivity index (χ4n) is 5.33. The molecular formula is C40H32F3N7O6RuS3. The number of alkyl halides is 3. The van der Waals surface area contributed by atoms with Crippen LogP contribution in [-0.4, -0.2) is 56.4 Å². The number of carbonyl (C=O) groups is 3. The fourth-order valence-corrected chi connectivity index (χ4v) is 7.24. The van der Waals surface area contributed by atoms with Crippen molar-refractivity contribution in [1.82, 2.24) is 19.9 Å². The molecule has 6 aromatic rings. The maximum atomic E-state index is 12.5. The van der Waals surface area contributed by atoms with E-state index in [1.165, 1.54) is 66.0 Å². The predicted molar refractivity (Wildman–Crippen MR) is 224 cm³/mol. The van der Waals surface area contributed by atoms with Crippen molar-refractivity contribution in [3.8, 4) is 49.8 Å². The number of hydrogen-bond acceptors (Lipinski definition) is 14.